The fourth-order valence-electron chi connectivity index (χ4n) is 2.66. The SMILES string of the molecule is Cc1ccc(C)c(N2CCN(c3ncccn3)CC2)c1. The second-order valence-corrected chi connectivity index (χ2v) is 5.31. The van der Waals surface area contributed by atoms with Crippen LogP contribution in [0.25, 0.3) is 0 Å². The van der Waals surface area contributed by atoms with E-state index >= 15 is 0 Å². The van der Waals surface area contributed by atoms with Crippen LogP contribution in [-0.4, -0.2) is 36.1 Å². The highest BCUT2D eigenvalue weighted by atomic mass is 15.3. The van der Waals surface area contributed by atoms with Crippen LogP contribution < -0.4 is 9.80 Å². The van der Waals surface area contributed by atoms with Crippen molar-refractivity contribution in [1.29, 1.82) is 0 Å². The lowest BCUT2D eigenvalue weighted by atomic mass is 10.1. The fourth-order valence-corrected chi connectivity index (χ4v) is 2.66. The Morgan fingerprint density at radius 3 is 2.25 bits per heavy atom. The molecule has 2 aromatic rings. The van der Waals surface area contributed by atoms with Crippen LogP contribution in [0.3, 0.4) is 0 Å². The van der Waals surface area contributed by atoms with Crippen LogP contribution >= 0.6 is 0 Å². The molecule has 2 heterocycles. The van der Waals surface area contributed by atoms with Crippen LogP contribution in [0, 0.1) is 13.8 Å². The number of hydrogen-bond acceptors (Lipinski definition) is 4. The first-order chi connectivity index (χ1) is 9.74. The van der Waals surface area contributed by atoms with Crippen LogP contribution in [0.1, 0.15) is 11.1 Å². The molecule has 1 aromatic carbocycles. The molecule has 0 radical (unpaired) electrons. The number of anilines is 2. The van der Waals surface area contributed by atoms with E-state index in [1.807, 2.05) is 6.07 Å². The molecule has 0 saturated carbocycles. The molecule has 3 rings (SSSR count). The zero-order valence-electron chi connectivity index (χ0n) is 12.1. The molecule has 1 aliphatic rings. The molecule has 0 N–H and O–H groups in total. The van der Waals surface area contributed by atoms with Gasteiger partial charge in [-0.1, -0.05) is 12.1 Å². The quantitative estimate of drug-likeness (QED) is 0.837. The summed E-state index contributed by atoms with van der Waals surface area (Å²) < 4.78 is 0. The predicted octanol–water partition coefficient (Wildman–Crippen LogP) is 2.42. The monoisotopic (exact) mass is 268 g/mol. The van der Waals surface area contributed by atoms with Crippen molar-refractivity contribution in [2.75, 3.05) is 36.0 Å². The summed E-state index contributed by atoms with van der Waals surface area (Å²) in [4.78, 5) is 13.4. The molecule has 0 amide bonds. The van der Waals surface area contributed by atoms with Crippen molar-refractivity contribution in [2.45, 2.75) is 13.8 Å². The van der Waals surface area contributed by atoms with Gasteiger partial charge in [-0.2, -0.15) is 0 Å². The molecular weight excluding hydrogens is 248 g/mol. The largest absolute Gasteiger partial charge is 0.368 e. The normalized spacial score (nSPS) is 15.5. The molecule has 0 bridgehead atoms. The summed E-state index contributed by atoms with van der Waals surface area (Å²) in [6.07, 6.45) is 3.61. The topological polar surface area (TPSA) is 32.3 Å². The molecule has 4 heteroatoms. The Bertz CT molecular complexity index is 574. The second kappa shape index (κ2) is 5.49. The van der Waals surface area contributed by atoms with Crippen molar-refractivity contribution in [3.63, 3.8) is 0 Å². The van der Waals surface area contributed by atoms with E-state index in [0.29, 0.717) is 0 Å². The van der Waals surface area contributed by atoms with Gasteiger partial charge < -0.3 is 9.80 Å². The van der Waals surface area contributed by atoms with E-state index in [1.165, 1.54) is 16.8 Å². The Hall–Kier alpha value is -2.10. The Labute approximate surface area is 120 Å². The fraction of sp³-hybridized carbons (Fsp3) is 0.375. The zero-order chi connectivity index (χ0) is 13.9. The Kier molecular flexibility index (Phi) is 3.54. The maximum absolute atomic E-state index is 4.33. The standard InChI is InChI=1S/C16H20N4/c1-13-4-5-14(2)15(12-13)19-8-10-20(11-9-19)16-17-6-3-7-18-16/h3-7,12H,8-11H2,1-2H3. The average molecular weight is 268 g/mol. The van der Waals surface area contributed by atoms with Crippen molar-refractivity contribution >= 4 is 11.6 Å². The lowest BCUT2D eigenvalue weighted by Gasteiger charge is -2.36. The Morgan fingerprint density at radius 1 is 0.900 bits per heavy atom. The van der Waals surface area contributed by atoms with Crippen molar-refractivity contribution in [3.05, 3.63) is 47.8 Å². The molecule has 0 atom stereocenters. The lowest BCUT2D eigenvalue weighted by Crippen LogP contribution is -2.47. The average Bonchev–Trinajstić information content (AvgIpc) is 2.51. The summed E-state index contributed by atoms with van der Waals surface area (Å²) in [6.45, 7) is 8.30. The van der Waals surface area contributed by atoms with Gasteiger partial charge in [0.05, 0.1) is 0 Å². The molecule has 4 nitrogen and oxygen atoms in total. The summed E-state index contributed by atoms with van der Waals surface area (Å²) in [5, 5.41) is 0. The third-order valence-corrected chi connectivity index (χ3v) is 3.82. The van der Waals surface area contributed by atoms with E-state index in [2.05, 4.69) is 51.8 Å². The van der Waals surface area contributed by atoms with Gasteiger partial charge in [0.2, 0.25) is 5.95 Å². The highest BCUT2D eigenvalue weighted by molar-refractivity contribution is 5.56. The number of hydrogen-bond donors (Lipinski definition) is 0. The first kappa shape index (κ1) is 12.9. The molecule has 1 saturated heterocycles. The van der Waals surface area contributed by atoms with Crippen LogP contribution in [0.5, 0.6) is 0 Å². The number of piperazine rings is 1. The van der Waals surface area contributed by atoms with Gasteiger partial charge in [0.15, 0.2) is 0 Å². The molecule has 0 unspecified atom stereocenters. The number of aryl methyl sites for hydroxylation is 2. The van der Waals surface area contributed by atoms with Gasteiger partial charge in [-0.25, -0.2) is 9.97 Å². The molecule has 1 aliphatic heterocycles. The van der Waals surface area contributed by atoms with Crippen LogP contribution in [0.2, 0.25) is 0 Å². The second-order valence-electron chi connectivity index (χ2n) is 5.31. The molecule has 20 heavy (non-hydrogen) atoms. The third-order valence-electron chi connectivity index (χ3n) is 3.82. The van der Waals surface area contributed by atoms with E-state index in [-0.39, 0.29) is 0 Å². The van der Waals surface area contributed by atoms with Crippen LogP contribution in [0.4, 0.5) is 11.6 Å². The Balaban J connectivity index is 1.71. The molecule has 1 aromatic heterocycles. The van der Waals surface area contributed by atoms with Gasteiger partial charge in [-0.3, -0.25) is 0 Å². The number of benzene rings is 1. The summed E-state index contributed by atoms with van der Waals surface area (Å²) >= 11 is 0. The van der Waals surface area contributed by atoms with Gasteiger partial charge in [-0.15, -0.1) is 0 Å². The van der Waals surface area contributed by atoms with Gasteiger partial charge in [-0.05, 0) is 37.1 Å². The minimum absolute atomic E-state index is 0.841. The van der Waals surface area contributed by atoms with Gasteiger partial charge in [0.25, 0.3) is 0 Å². The maximum atomic E-state index is 4.33. The molecule has 104 valence electrons. The van der Waals surface area contributed by atoms with Gasteiger partial charge in [0, 0.05) is 44.3 Å². The third kappa shape index (κ3) is 2.59. The maximum Gasteiger partial charge on any atom is 0.225 e. The van der Waals surface area contributed by atoms with Gasteiger partial charge in [0.1, 0.15) is 0 Å². The van der Waals surface area contributed by atoms with E-state index in [4.69, 9.17) is 0 Å². The first-order valence-corrected chi connectivity index (χ1v) is 7.08. The summed E-state index contributed by atoms with van der Waals surface area (Å²) in [5.41, 5.74) is 4.03. The van der Waals surface area contributed by atoms with Crippen molar-refractivity contribution in [3.8, 4) is 0 Å². The highest BCUT2D eigenvalue weighted by Gasteiger charge is 2.19. The smallest absolute Gasteiger partial charge is 0.225 e. The van der Waals surface area contributed by atoms with E-state index in [1.54, 1.807) is 12.4 Å². The van der Waals surface area contributed by atoms with E-state index < -0.39 is 0 Å². The molecule has 0 aliphatic carbocycles. The van der Waals surface area contributed by atoms with Crippen molar-refractivity contribution in [2.24, 2.45) is 0 Å². The van der Waals surface area contributed by atoms with E-state index in [9.17, 15) is 0 Å². The van der Waals surface area contributed by atoms with Crippen molar-refractivity contribution < 1.29 is 0 Å². The van der Waals surface area contributed by atoms with E-state index in [0.717, 1.165) is 32.1 Å². The minimum atomic E-state index is 0.841. The molecule has 0 spiro atoms. The van der Waals surface area contributed by atoms with Crippen LogP contribution in [-0.2, 0) is 0 Å². The minimum Gasteiger partial charge on any atom is -0.368 e. The summed E-state index contributed by atoms with van der Waals surface area (Å²) in [7, 11) is 0. The lowest BCUT2D eigenvalue weighted by molar-refractivity contribution is 0.639. The number of aromatic nitrogens is 2. The van der Waals surface area contributed by atoms with Crippen LogP contribution in [0.15, 0.2) is 36.7 Å². The summed E-state index contributed by atoms with van der Waals surface area (Å²) in [6, 6.07) is 8.52. The predicted molar refractivity (Wildman–Crippen MR) is 82.4 cm³/mol. The van der Waals surface area contributed by atoms with Crippen molar-refractivity contribution in [1.82, 2.24) is 9.97 Å². The zero-order valence-corrected chi connectivity index (χ0v) is 12.1. The first-order valence-electron chi connectivity index (χ1n) is 7.08. The molecule has 1 fully saturated rings. The number of nitrogens with zero attached hydrogens (tertiary/aromatic N) is 4. The molecular formula is C16H20N4. The van der Waals surface area contributed by atoms with Gasteiger partial charge >= 0.3 is 0 Å². The number of rotatable bonds is 2. The highest BCUT2D eigenvalue weighted by Crippen LogP contribution is 2.23. The summed E-state index contributed by atoms with van der Waals surface area (Å²) in [5.74, 6) is 0.841. The Morgan fingerprint density at radius 2 is 1.55 bits per heavy atom.